The number of hydrogen-bond acceptors (Lipinski definition) is 4. The van der Waals surface area contributed by atoms with Gasteiger partial charge in [0.1, 0.15) is 0 Å². The van der Waals surface area contributed by atoms with Crippen molar-refractivity contribution in [2.24, 2.45) is 0 Å². The summed E-state index contributed by atoms with van der Waals surface area (Å²) in [6, 6.07) is 0. The van der Waals surface area contributed by atoms with E-state index in [0.29, 0.717) is 16.2 Å². The van der Waals surface area contributed by atoms with Gasteiger partial charge in [-0.15, -0.1) is 5.06 Å². The fraction of sp³-hybridized carbons (Fsp3) is 0.455. The highest BCUT2D eigenvalue weighted by Gasteiger charge is 2.42. The first kappa shape index (κ1) is 13.7. The van der Waals surface area contributed by atoms with E-state index in [-0.39, 0.29) is 8.46 Å². The van der Waals surface area contributed by atoms with Crippen molar-refractivity contribution in [2.75, 3.05) is 0 Å². The van der Waals surface area contributed by atoms with Crippen molar-refractivity contribution in [3.63, 3.8) is 0 Å². The molecule has 0 unspecified atom stereocenters. The molecule has 1 aliphatic rings. The molecule has 0 atom stereocenters. The molecule has 1 saturated heterocycles. The van der Waals surface area contributed by atoms with E-state index in [0.717, 1.165) is 0 Å². The van der Waals surface area contributed by atoms with Crippen LogP contribution in [0.1, 0.15) is 27.7 Å². The Morgan fingerprint density at radius 2 is 1.53 bits per heavy atom. The van der Waals surface area contributed by atoms with Crippen molar-refractivity contribution in [1.29, 1.82) is 0 Å². The average Bonchev–Trinajstić information content (AvgIpc) is 2.52. The van der Waals surface area contributed by atoms with E-state index in [2.05, 4.69) is 0 Å². The van der Waals surface area contributed by atoms with E-state index >= 15 is 0 Å². The standard InChI is InChI=1S/C11H14NO4P/c1-5-7-8(6-2)10(14)12(9(7)13)16-11(3,4)17-15/h5-6H,1-4H3/b7-5+,8-6+. The number of amides is 2. The van der Waals surface area contributed by atoms with Gasteiger partial charge in [0.05, 0.1) is 11.1 Å². The molecule has 2 amide bonds. The number of allylic oxidation sites excluding steroid dienone is 2. The average molecular weight is 255 g/mol. The van der Waals surface area contributed by atoms with Gasteiger partial charge in [-0.05, 0) is 27.7 Å². The molecule has 0 radical (unpaired) electrons. The van der Waals surface area contributed by atoms with E-state index in [1.807, 2.05) is 0 Å². The Balaban J connectivity index is 3.09. The molecule has 0 spiro atoms. The van der Waals surface area contributed by atoms with Gasteiger partial charge in [0.25, 0.3) is 11.8 Å². The highest BCUT2D eigenvalue weighted by Crippen LogP contribution is 2.31. The fourth-order valence-corrected chi connectivity index (χ4v) is 1.54. The molecule has 1 fully saturated rings. The molecule has 0 aromatic rings. The Morgan fingerprint density at radius 3 is 1.82 bits per heavy atom. The van der Waals surface area contributed by atoms with Crippen molar-refractivity contribution in [3.8, 4) is 0 Å². The topological polar surface area (TPSA) is 63.7 Å². The molecule has 17 heavy (non-hydrogen) atoms. The lowest BCUT2D eigenvalue weighted by Crippen LogP contribution is -2.36. The van der Waals surface area contributed by atoms with Crippen molar-refractivity contribution in [3.05, 3.63) is 23.3 Å². The molecule has 5 nitrogen and oxygen atoms in total. The minimum absolute atomic E-state index is 0.301. The summed E-state index contributed by atoms with van der Waals surface area (Å²) in [5, 5.41) is -0.455. The van der Waals surface area contributed by atoms with Crippen LogP contribution < -0.4 is 0 Å². The fourth-order valence-electron chi connectivity index (χ4n) is 1.42. The molecule has 0 aliphatic carbocycles. The van der Waals surface area contributed by atoms with Crippen LogP contribution in [0.5, 0.6) is 0 Å². The summed E-state index contributed by atoms with van der Waals surface area (Å²) in [6.45, 7) is 6.38. The quantitative estimate of drug-likeness (QED) is 0.440. The molecule has 0 aromatic heterocycles. The second kappa shape index (κ2) is 4.90. The maximum Gasteiger partial charge on any atom is 0.285 e. The molecular weight excluding hydrogens is 241 g/mol. The highest BCUT2D eigenvalue weighted by atomic mass is 31.1. The summed E-state index contributed by atoms with van der Waals surface area (Å²) in [6.07, 6.45) is 3.11. The normalized spacial score (nSPS) is 22.2. The number of hydroxylamine groups is 2. The van der Waals surface area contributed by atoms with E-state index in [1.165, 1.54) is 13.8 Å². The van der Waals surface area contributed by atoms with Gasteiger partial charge < -0.3 is 0 Å². The molecule has 1 aliphatic heterocycles. The monoisotopic (exact) mass is 255 g/mol. The molecule has 1 heterocycles. The molecule has 0 aromatic carbocycles. The van der Waals surface area contributed by atoms with Crippen LogP contribution in [0.2, 0.25) is 0 Å². The Kier molecular flexibility index (Phi) is 3.96. The number of carbonyl (C=O) groups is 2. The predicted octanol–water partition coefficient (Wildman–Crippen LogP) is 2.21. The maximum atomic E-state index is 11.9. The summed E-state index contributed by atoms with van der Waals surface area (Å²) in [4.78, 5) is 28.9. The van der Waals surface area contributed by atoms with Crippen LogP contribution in [0.4, 0.5) is 0 Å². The van der Waals surface area contributed by atoms with E-state index < -0.39 is 17.2 Å². The van der Waals surface area contributed by atoms with E-state index in [1.54, 1.807) is 26.0 Å². The van der Waals surface area contributed by atoms with Gasteiger partial charge in [-0.1, -0.05) is 12.2 Å². The second-order valence-electron chi connectivity index (χ2n) is 3.94. The van der Waals surface area contributed by atoms with Gasteiger partial charge in [-0.3, -0.25) is 14.2 Å². The minimum atomic E-state index is -1.12. The van der Waals surface area contributed by atoms with Gasteiger partial charge in [0, 0.05) is 0 Å². The Morgan fingerprint density at radius 1 is 1.12 bits per heavy atom. The van der Waals surface area contributed by atoms with Gasteiger partial charge in [-0.25, -0.2) is 4.84 Å². The number of rotatable bonds is 3. The molecule has 6 heteroatoms. The maximum absolute atomic E-state index is 11.9. The van der Waals surface area contributed by atoms with Gasteiger partial charge in [0.2, 0.25) is 0 Å². The molecule has 0 saturated carbocycles. The van der Waals surface area contributed by atoms with Crippen molar-refractivity contribution < 1.29 is 19.0 Å². The Bertz CT molecular complexity index is 407. The van der Waals surface area contributed by atoms with Crippen LogP contribution in [-0.4, -0.2) is 22.2 Å². The predicted molar refractivity (Wildman–Crippen MR) is 62.1 cm³/mol. The lowest BCUT2D eigenvalue weighted by Gasteiger charge is -2.21. The summed E-state index contributed by atoms with van der Waals surface area (Å²) in [5.41, 5.74) is 0.603. The summed E-state index contributed by atoms with van der Waals surface area (Å²) >= 11 is 0. The van der Waals surface area contributed by atoms with Crippen LogP contribution in [0.15, 0.2) is 23.3 Å². The molecule has 1 rings (SSSR count). The zero-order valence-electron chi connectivity index (χ0n) is 10.2. The van der Waals surface area contributed by atoms with Crippen molar-refractivity contribution in [1.82, 2.24) is 5.06 Å². The third-order valence-corrected chi connectivity index (χ3v) is 2.75. The summed E-state index contributed by atoms with van der Waals surface area (Å²) in [7, 11) is -0.301. The second-order valence-corrected chi connectivity index (χ2v) is 5.20. The minimum Gasteiger partial charge on any atom is -0.272 e. The number of nitrogens with zero attached hydrogens (tertiary/aromatic N) is 1. The molecular formula is C11H14NO4P. The lowest BCUT2D eigenvalue weighted by molar-refractivity contribution is -0.202. The highest BCUT2D eigenvalue weighted by molar-refractivity contribution is 7.25. The number of imide groups is 1. The zero-order valence-corrected chi connectivity index (χ0v) is 11.1. The van der Waals surface area contributed by atoms with Gasteiger partial charge in [0.15, 0.2) is 13.8 Å². The Hall–Kier alpha value is -1.32. The van der Waals surface area contributed by atoms with Gasteiger partial charge >= 0.3 is 0 Å². The number of carbonyl (C=O) groups excluding carboxylic acids is 2. The first-order valence-electron chi connectivity index (χ1n) is 5.13. The molecule has 0 bridgehead atoms. The summed E-state index contributed by atoms with van der Waals surface area (Å²) < 4.78 is 10.8. The SMILES string of the molecule is C/C=C1/C(=O)N(OC(C)(C)P=O)C(=O)/C1=C/C. The smallest absolute Gasteiger partial charge is 0.272 e. The zero-order chi connectivity index (χ0) is 13.2. The van der Waals surface area contributed by atoms with Gasteiger partial charge in [-0.2, -0.15) is 0 Å². The van der Waals surface area contributed by atoms with Crippen LogP contribution >= 0.6 is 8.46 Å². The molecule has 0 N–H and O–H groups in total. The lowest BCUT2D eigenvalue weighted by atomic mass is 10.1. The van der Waals surface area contributed by atoms with Crippen LogP contribution in [0.3, 0.4) is 0 Å². The van der Waals surface area contributed by atoms with Crippen molar-refractivity contribution >= 4 is 20.3 Å². The Labute approximate surface area is 101 Å². The third kappa shape index (κ3) is 2.51. The van der Waals surface area contributed by atoms with Crippen LogP contribution in [0.25, 0.3) is 0 Å². The first-order valence-corrected chi connectivity index (χ1v) is 5.94. The largest absolute Gasteiger partial charge is 0.285 e. The first-order chi connectivity index (χ1) is 7.87. The van der Waals surface area contributed by atoms with Crippen LogP contribution in [-0.2, 0) is 19.0 Å². The van der Waals surface area contributed by atoms with Crippen molar-refractivity contribution in [2.45, 2.75) is 33.0 Å². The van der Waals surface area contributed by atoms with Crippen LogP contribution in [0, 0.1) is 0 Å². The van der Waals surface area contributed by atoms with E-state index in [9.17, 15) is 14.2 Å². The van der Waals surface area contributed by atoms with E-state index in [4.69, 9.17) is 4.84 Å². The summed E-state index contributed by atoms with van der Waals surface area (Å²) in [5.74, 6) is -1.05. The number of hydrogen-bond donors (Lipinski definition) is 0. The third-order valence-electron chi connectivity index (χ3n) is 2.23. The molecule has 92 valence electrons.